The van der Waals surface area contributed by atoms with Gasteiger partial charge in [-0.15, -0.1) is 0 Å². The fourth-order valence-electron chi connectivity index (χ4n) is 4.06. The molecule has 0 aliphatic carbocycles. The summed E-state index contributed by atoms with van der Waals surface area (Å²) < 4.78 is 10.6. The first kappa shape index (κ1) is 16.4. The lowest BCUT2D eigenvalue weighted by Crippen LogP contribution is -2.50. The highest BCUT2D eigenvalue weighted by Gasteiger charge is 2.45. The number of aliphatic hydroxyl groups is 1. The van der Waals surface area contributed by atoms with Gasteiger partial charge in [0.15, 0.2) is 11.5 Å². The predicted molar refractivity (Wildman–Crippen MR) is 89.5 cm³/mol. The maximum absolute atomic E-state index is 13.0. The zero-order valence-corrected chi connectivity index (χ0v) is 14.0. The SMILES string of the molecule is O=C1C[C@H](N2CCCC[C@H]2CCO)C(=O)N1c1ccc2c(c1)OCO2. The average molecular weight is 346 g/mol. The number of amides is 2. The number of ether oxygens (including phenoxy) is 2. The van der Waals surface area contributed by atoms with Crippen LogP contribution in [0, 0.1) is 0 Å². The van der Waals surface area contributed by atoms with Crippen LogP contribution in [-0.2, 0) is 9.59 Å². The van der Waals surface area contributed by atoms with Crippen molar-refractivity contribution in [1.29, 1.82) is 0 Å². The first-order chi connectivity index (χ1) is 12.2. The molecule has 2 saturated heterocycles. The average Bonchev–Trinajstić information content (AvgIpc) is 3.19. The van der Waals surface area contributed by atoms with Gasteiger partial charge in [0.2, 0.25) is 12.7 Å². The molecular formula is C18H22N2O5. The number of hydrogen-bond acceptors (Lipinski definition) is 6. The number of fused-ring (bicyclic) bond motifs is 1. The lowest BCUT2D eigenvalue weighted by molar-refractivity contribution is -0.123. The molecule has 3 aliphatic rings. The predicted octanol–water partition coefficient (Wildman–Crippen LogP) is 1.28. The molecule has 1 aromatic carbocycles. The highest BCUT2D eigenvalue weighted by Crippen LogP contribution is 2.38. The van der Waals surface area contributed by atoms with E-state index in [9.17, 15) is 14.7 Å². The van der Waals surface area contributed by atoms with E-state index in [4.69, 9.17) is 9.47 Å². The smallest absolute Gasteiger partial charge is 0.251 e. The lowest BCUT2D eigenvalue weighted by atomic mass is 9.97. The third kappa shape index (κ3) is 2.87. The number of rotatable bonds is 4. The summed E-state index contributed by atoms with van der Waals surface area (Å²) in [6.45, 7) is 1.05. The van der Waals surface area contributed by atoms with Crippen molar-refractivity contribution >= 4 is 17.5 Å². The lowest BCUT2D eigenvalue weighted by Gasteiger charge is -2.38. The molecule has 0 aromatic heterocycles. The van der Waals surface area contributed by atoms with Crippen LogP contribution in [0.3, 0.4) is 0 Å². The van der Waals surface area contributed by atoms with Crippen molar-refractivity contribution in [3.05, 3.63) is 18.2 Å². The van der Waals surface area contributed by atoms with Crippen LogP contribution in [0.2, 0.25) is 0 Å². The van der Waals surface area contributed by atoms with Crippen molar-refractivity contribution in [3.63, 3.8) is 0 Å². The number of nitrogens with zero attached hydrogens (tertiary/aromatic N) is 2. The zero-order valence-electron chi connectivity index (χ0n) is 14.0. The monoisotopic (exact) mass is 346 g/mol. The molecule has 1 N–H and O–H groups in total. The van der Waals surface area contributed by atoms with E-state index in [1.54, 1.807) is 18.2 Å². The third-order valence-electron chi connectivity index (χ3n) is 5.27. The maximum Gasteiger partial charge on any atom is 0.251 e. The van der Waals surface area contributed by atoms with Crippen LogP contribution in [0.4, 0.5) is 5.69 Å². The van der Waals surface area contributed by atoms with Gasteiger partial charge < -0.3 is 14.6 Å². The summed E-state index contributed by atoms with van der Waals surface area (Å²) in [4.78, 5) is 28.9. The fourth-order valence-corrected chi connectivity index (χ4v) is 4.06. The summed E-state index contributed by atoms with van der Waals surface area (Å²) in [6.07, 6.45) is 3.91. The molecule has 25 heavy (non-hydrogen) atoms. The van der Waals surface area contributed by atoms with Gasteiger partial charge in [-0.1, -0.05) is 6.42 Å². The van der Waals surface area contributed by atoms with Gasteiger partial charge in [0.1, 0.15) is 0 Å². The molecular weight excluding hydrogens is 324 g/mol. The first-order valence-electron chi connectivity index (χ1n) is 8.82. The van der Waals surface area contributed by atoms with Crippen LogP contribution >= 0.6 is 0 Å². The molecule has 0 bridgehead atoms. The second-order valence-electron chi connectivity index (χ2n) is 6.72. The number of aliphatic hydroxyl groups excluding tert-OH is 1. The first-order valence-corrected chi connectivity index (χ1v) is 8.82. The van der Waals surface area contributed by atoms with Crippen LogP contribution in [0.5, 0.6) is 11.5 Å². The van der Waals surface area contributed by atoms with E-state index < -0.39 is 6.04 Å². The van der Waals surface area contributed by atoms with Gasteiger partial charge in [-0.25, -0.2) is 4.90 Å². The van der Waals surface area contributed by atoms with Crippen LogP contribution in [0.25, 0.3) is 0 Å². The molecule has 3 heterocycles. The Kier molecular flexibility index (Phi) is 4.35. The van der Waals surface area contributed by atoms with Gasteiger partial charge in [0.05, 0.1) is 18.2 Å². The molecule has 134 valence electrons. The van der Waals surface area contributed by atoms with E-state index in [-0.39, 0.29) is 37.7 Å². The Morgan fingerprint density at radius 2 is 2.00 bits per heavy atom. The Morgan fingerprint density at radius 1 is 1.16 bits per heavy atom. The number of imide groups is 1. The summed E-state index contributed by atoms with van der Waals surface area (Å²) in [5.74, 6) is 0.798. The molecule has 3 aliphatic heterocycles. The van der Waals surface area contributed by atoms with E-state index in [0.29, 0.717) is 23.6 Å². The van der Waals surface area contributed by atoms with Gasteiger partial charge in [-0.2, -0.15) is 0 Å². The van der Waals surface area contributed by atoms with Crippen molar-refractivity contribution in [2.24, 2.45) is 0 Å². The molecule has 1 aromatic rings. The number of carbonyl (C=O) groups excluding carboxylic acids is 2. The van der Waals surface area contributed by atoms with Crippen molar-refractivity contribution in [1.82, 2.24) is 4.90 Å². The Bertz CT molecular complexity index is 690. The summed E-state index contributed by atoms with van der Waals surface area (Å²) in [5.41, 5.74) is 0.525. The van der Waals surface area contributed by atoms with E-state index in [1.165, 1.54) is 4.90 Å². The number of anilines is 1. The number of benzene rings is 1. The van der Waals surface area contributed by atoms with E-state index >= 15 is 0 Å². The largest absolute Gasteiger partial charge is 0.454 e. The normalized spacial score (nSPS) is 26.5. The Morgan fingerprint density at radius 3 is 2.84 bits per heavy atom. The molecule has 0 spiro atoms. The van der Waals surface area contributed by atoms with Gasteiger partial charge >= 0.3 is 0 Å². The van der Waals surface area contributed by atoms with Gasteiger partial charge in [-0.3, -0.25) is 14.5 Å². The van der Waals surface area contributed by atoms with Crippen LogP contribution < -0.4 is 14.4 Å². The fraction of sp³-hybridized carbons (Fsp3) is 0.556. The zero-order chi connectivity index (χ0) is 17.4. The molecule has 0 unspecified atom stereocenters. The molecule has 2 amide bonds. The van der Waals surface area contributed by atoms with Crippen LogP contribution in [0.1, 0.15) is 32.1 Å². The second kappa shape index (κ2) is 6.65. The molecule has 7 nitrogen and oxygen atoms in total. The summed E-state index contributed by atoms with van der Waals surface area (Å²) in [7, 11) is 0. The maximum atomic E-state index is 13.0. The van der Waals surface area contributed by atoms with E-state index in [0.717, 1.165) is 25.8 Å². The third-order valence-corrected chi connectivity index (χ3v) is 5.27. The topological polar surface area (TPSA) is 79.3 Å². The number of carbonyl (C=O) groups is 2. The molecule has 0 saturated carbocycles. The summed E-state index contributed by atoms with van der Waals surface area (Å²) in [5, 5.41) is 9.30. The molecule has 2 atom stereocenters. The van der Waals surface area contributed by atoms with E-state index in [1.807, 2.05) is 0 Å². The van der Waals surface area contributed by atoms with Gasteiger partial charge in [-0.05, 0) is 37.9 Å². The van der Waals surface area contributed by atoms with Crippen molar-refractivity contribution in [2.45, 2.75) is 44.2 Å². The van der Waals surface area contributed by atoms with Gasteiger partial charge in [0, 0.05) is 18.7 Å². The molecule has 0 radical (unpaired) electrons. The van der Waals surface area contributed by atoms with Crippen molar-refractivity contribution in [3.8, 4) is 11.5 Å². The van der Waals surface area contributed by atoms with Crippen molar-refractivity contribution in [2.75, 3.05) is 24.8 Å². The number of likely N-dealkylation sites (tertiary alicyclic amines) is 1. The Labute approximate surface area is 146 Å². The van der Waals surface area contributed by atoms with Gasteiger partial charge in [0.25, 0.3) is 5.91 Å². The summed E-state index contributed by atoms with van der Waals surface area (Å²) >= 11 is 0. The van der Waals surface area contributed by atoms with Crippen LogP contribution in [0.15, 0.2) is 18.2 Å². The van der Waals surface area contributed by atoms with Crippen LogP contribution in [-0.4, -0.2) is 53.8 Å². The number of hydrogen-bond donors (Lipinski definition) is 1. The highest BCUT2D eigenvalue weighted by atomic mass is 16.7. The molecule has 2 fully saturated rings. The van der Waals surface area contributed by atoms with Crippen molar-refractivity contribution < 1.29 is 24.2 Å². The second-order valence-corrected chi connectivity index (χ2v) is 6.72. The summed E-state index contributed by atoms with van der Waals surface area (Å²) in [6, 6.07) is 4.85. The quantitative estimate of drug-likeness (QED) is 0.828. The number of piperidine rings is 1. The minimum atomic E-state index is -0.435. The molecule has 7 heteroatoms. The minimum absolute atomic E-state index is 0.0991. The highest BCUT2D eigenvalue weighted by molar-refractivity contribution is 6.22. The molecule has 4 rings (SSSR count). The Balaban J connectivity index is 1.57. The Hall–Kier alpha value is -2.12. The standard InChI is InChI=1S/C18H22N2O5/c21-8-6-12-3-1-2-7-19(12)14-10-17(22)20(18(14)23)13-4-5-15-16(9-13)25-11-24-15/h4-5,9,12,14,21H,1-3,6-8,10-11H2/t12-,14-/m0/s1. The minimum Gasteiger partial charge on any atom is -0.454 e. The van der Waals surface area contributed by atoms with E-state index in [2.05, 4.69) is 4.90 Å².